The molecule has 1 heterocycles. The standard InChI is InChI=1S/C12H12BrF2N3/c1-2-9(13)11-7-18(17-16-11)6-8-4-3-5-10(14)12(8)15/h3-5,7,9H,2,6H2,1H3. The Labute approximate surface area is 112 Å². The minimum Gasteiger partial charge on any atom is -0.248 e. The molecule has 1 unspecified atom stereocenters. The predicted octanol–water partition coefficient (Wildman–Crippen LogP) is 3.45. The first-order valence-electron chi connectivity index (χ1n) is 5.58. The summed E-state index contributed by atoms with van der Waals surface area (Å²) in [6, 6.07) is 4.10. The summed E-state index contributed by atoms with van der Waals surface area (Å²) in [6.45, 7) is 2.19. The molecule has 1 aromatic heterocycles. The van der Waals surface area contributed by atoms with Crippen molar-refractivity contribution >= 4 is 15.9 Å². The van der Waals surface area contributed by atoms with Crippen LogP contribution in [0, 0.1) is 11.6 Å². The van der Waals surface area contributed by atoms with Crippen LogP contribution in [0.2, 0.25) is 0 Å². The number of nitrogens with zero attached hydrogens (tertiary/aromatic N) is 3. The van der Waals surface area contributed by atoms with Crippen molar-refractivity contribution in [3.63, 3.8) is 0 Å². The Morgan fingerprint density at radius 2 is 2.17 bits per heavy atom. The van der Waals surface area contributed by atoms with Gasteiger partial charge in [0.05, 0.1) is 17.1 Å². The smallest absolute Gasteiger partial charge is 0.163 e. The Kier molecular flexibility index (Phi) is 4.06. The first-order chi connectivity index (χ1) is 8.61. The van der Waals surface area contributed by atoms with E-state index < -0.39 is 11.6 Å². The van der Waals surface area contributed by atoms with E-state index in [0.29, 0.717) is 0 Å². The molecule has 1 aromatic carbocycles. The van der Waals surface area contributed by atoms with Gasteiger partial charge in [-0.15, -0.1) is 5.10 Å². The second-order valence-electron chi connectivity index (χ2n) is 3.93. The van der Waals surface area contributed by atoms with Gasteiger partial charge >= 0.3 is 0 Å². The fraction of sp³-hybridized carbons (Fsp3) is 0.333. The lowest BCUT2D eigenvalue weighted by Crippen LogP contribution is -2.04. The van der Waals surface area contributed by atoms with Crippen LogP contribution in [0.1, 0.15) is 29.4 Å². The first kappa shape index (κ1) is 13.1. The lowest BCUT2D eigenvalue weighted by molar-refractivity contribution is 0.490. The van der Waals surface area contributed by atoms with Gasteiger partial charge in [-0.3, -0.25) is 0 Å². The van der Waals surface area contributed by atoms with Crippen molar-refractivity contribution in [1.29, 1.82) is 0 Å². The van der Waals surface area contributed by atoms with E-state index in [1.54, 1.807) is 6.20 Å². The van der Waals surface area contributed by atoms with Crippen molar-refractivity contribution in [1.82, 2.24) is 15.0 Å². The molecule has 0 radical (unpaired) electrons. The molecule has 6 heteroatoms. The van der Waals surface area contributed by atoms with E-state index in [-0.39, 0.29) is 16.9 Å². The van der Waals surface area contributed by atoms with Gasteiger partial charge in [-0.25, -0.2) is 13.5 Å². The molecule has 0 aliphatic rings. The van der Waals surface area contributed by atoms with Crippen LogP contribution in [0.25, 0.3) is 0 Å². The van der Waals surface area contributed by atoms with Crippen LogP contribution in [-0.2, 0) is 6.54 Å². The summed E-state index contributed by atoms with van der Waals surface area (Å²) in [7, 11) is 0. The molecule has 2 aromatic rings. The molecule has 0 saturated heterocycles. The average molecular weight is 316 g/mol. The summed E-state index contributed by atoms with van der Waals surface area (Å²) in [5.74, 6) is -1.68. The van der Waals surface area contributed by atoms with E-state index in [9.17, 15) is 8.78 Å². The van der Waals surface area contributed by atoms with Gasteiger partial charge < -0.3 is 0 Å². The Hall–Kier alpha value is -1.30. The fourth-order valence-corrected chi connectivity index (χ4v) is 1.80. The van der Waals surface area contributed by atoms with Crippen LogP contribution >= 0.6 is 15.9 Å². The molecule has 0 fully saturated rings. The topological polar surface area (TPSA) is 30.7 Å². The van der Waals surface area contributed by atoms with Gasteiger partial charge in [-0.05, 0) is 12.5 Å². The van der Waals surface area contributed by atoms with Crippen molar-refractivity contribution < 1.29 is 8.78 Å². The zero-order valence-corrected chi connectivity index (χ0v) is 11.4. The lowest BCUT2D eigenvalue weighted by Gasteiger charge is -2.03. The highest BCUT2D eigenvalue weighted by atomic mass is 79.9. The molecule has 0 saturated carbocycles. The quantitative estimate of drug-likeness (QED) is 0.809. The van der Waals surface area contributed by atoms with Crippen LogP contribution in [-0.4, -0.2) is 15.0 Å². The van der Waals surface area contributed by atoms with Crippen LogP contribution in [0.5, 0.6) is 0 Å². The zero-order valence-electron chi connectivity index (χ0n) is 9.78. The van der Waals surface area contributed by atoms with Crippen LogP contribution in [0.3, 0.4) is 0 Å². The summed E-state index contributed by atoms with van der Waals surface area (Å²) in [4.78, 5) is 0.128. The summed E-state index contributed by atoms with van der Waals surface area (Å²) in [5, 5.41) is 7.88. The maximum atomic E-state index is 13.5. The normalized spacial score (nSPS) is 12.7. The van der Waals surface area contributed by atoms with Crippen molar-refractivity contribution in [3.05, 3.63) is 47.3 Å². The van der Waals surface area contributed by atoms with Crippen molar-refractivity contribution in [3.8, 4) is 0 Å². The van der Waals surface area contributed by atoms with E-state index in [1.807, 2.05) is 6.92 Å². The molecule has 3 nitrogen and oxygen atoms in total. The highest BCUT2D eigenvalue weighted by molar-refractivity contribution is 9.09. The number of alkyl halides is 1. The number of hydrogen-bond acceptors (Lipinski definition) is 2. The molecule has 0 aliphatic heterocycles. The van der Waals surface area contributed by atoms with Gasteiger partial charge in [-0.2, -0.15) is 0 Å². The highest BCUT2D eigenvalue weighted by Crippen LogP contribution is 2.23. The number of rotatable bonds is 4. The maximum Gasteiger partial charge on any atom is 0.163 e. The second kappa shape index (κ2) is 5.56. The molecule has 0 N–H and O–H groups in total. The van der Waals surface area contributed by atoms with Crippen LogP contribution in [0.15, 0.2) is 24.4 Å². The monoisotopic (exact) mass is 315 g/mol. The summed E-state index contributed by atoms with van der Waals surface area (Å²) < 4.78 is 28.0. The molecule has 18 heavy (non-hydrogen) atoms. The molecule has 0 bridgehead atoms. The van der Waals surface area contributed by atoms with E-state index in [2.05, 4.69) is 26.2 Å². The Balaban J connectivity index is 2.19. The van der Waals surface area contributed by atoms with Crippen molar-refractivity contribution in [2.45, 2.75) is 24.7 Å². The summed E-state index contributed by atoms with van der Waals surface area (Å²) in [6.07, 6.45) is 2.61. The van der Waals surface area contributed by atoms with E-state index >= 15 is 0 Å². The van der Waals surface area contributed by atoms with Gasteiger partial charge in [0.25, 0.3) is 0 Å². The summed E-state index contributed by atoms with van der Waals surface area (Å²) >= 11 is 3.46. The molecule has 0 aliphatic carbocycles. The van der Waals surface area contributed by atoms with Crippen molar-refractivity contribution in [2.24, 2.45) is 0 Å². The molecule has 0 spiro atoms. The minimum absolute atomic E-state index is 0.128. The van der Waals surface area contributed by atoms with Gasteiger partial charge in [0.15, 0.2) is 11.6 Å². The largest absolute Gasteiger partial charge is 0.248 e. The molecular formula is C12H12BrF2N3. The zero-order chi connectivity index (χ0) is 13.1. The Morgan fingerprint density at radius 1 is 1.39 bits per heavy atom. The second-order valence-corrected chi connectivity index (χ2v) is 5.04. The maximum absolute atomic E-state index is 13.5. The van der Waals surface area contributed by atoms with E-state index in [1.165, 1.54) is 16.8 Å². The highest BCUT2D eigenvalue weighted by Gasteiger charge is 2.12. The molecule has 1 atom stereocenters. The van der Waals surface area contributed by atoms with Crippen molar-refractivity contribution in [2.75, 3.05) is 0 Å². The Bertz CT molecular complexity index is 542. The molecule has 0 amide bonds. The fourth-order valence-electron chi connectivity index (χ4n) is 1.59. The third kappa shape index (κ3) is 2.75. The van der Waals surface area contributed by atoms with Gasteiger partial charge in [0, 0.05) is 11.8 Å². The van der Waals surface area contributed by atoms with Crippen LogP contribution in [0.4, 0.5) is 8.78 Å². The minimum atomic E-state index is -0.847. The van der Waals surface area contributed by atoms with E-state index in [4.69, 9.17) is 0 Å². The van der Waals surface area contributed by atoms with Gasteiger partial charge in [0.2, 0.25) is 0 Å². The summed E-state index contributed by atoms with van der Waals surface area (Å²) in [5.41, 5.74) is 1.04. The lowest BCUT2D eigenvalue weighted by atomic mass is 10.2. The van der Waals surface area contributed by atoms with Gasteiger partial charge in [-0.1, -0.05) is 40.2 Å². The third-order valence-corrected chi connectivity index (χ3v) is 3.72. The SMILES string of the molecule is CCC(Br)c1cn(Cc2cccc(F)c2F)nn1. The predicted molar refractivity (Wildman–Crippen MR) is 67.4 cm³/mol. The number of benzene rings is 1. The number of hydrogen-bond donors (Lipinski definition) is 0. The molecule has 2 rings (SSSR count). The number of halogens is 3. The molecule has 96 valence electrons. The first-order valence-corrected chi connectivity index (χ1v) is 6.50. The number of aromatic nitrogens is 3. The van der Waals surface area contributed by atoms with Crippen LogP contribution < -0.4 is 0 Å². The third-order valence-electron chi connectivity index (χ3n) is 2.60. The molecular weight excluding hydrogens is 304 g/mol. The van der Waals surface area contributed by atoms with Gasteiger partial charge in [0.1, 0.15) is 0 Å². The Morgan fingerprint density at radius 3 is 2.89 bits per heavy atom. The van der Waals surface area contributed by atoms with E-state index in [0.717, 1.165) is 18.2 Å². The average Bonchev–Trinajstić information content (AvgIpc) is 2.82.